The molecule has 1 saturated heterocycles. The molecular formula is C15H25N3O. The zero-order chi connectivity index (χ0) is 13.8. The van der Waals surface area contributed by atoms with E-state index in [1.54, 1.807) is 0 Å². The van der Waals surface area contributed by atoms with Gasteiger partial charge in [-0.1, -0.05) is 6.07 Å². The van der Waals surface area contributed by atoms with Crippen molar-refractivity contribution in [2.75, 3.05) is 31.1 Å². The van der Waals surface area contributed by atoms with Crippen molar-refractivity contribution in [3.8, 4) is 5.88 Å². The maximum absolute atomic E-state index is 5.66. The van der Waals surface area contributed by atoms with Crippen LogP contribution >= 0.6 is 0 Å². The highest BCUT2D eigenvalue weighted by atomic mass is 16.5. The molecule has 1 fully saturated rings. The fourth-order valence-electron chi connectivity index (χ4n) is 2.35. The first-order chi connectivity index (χ1) is 9.06. The van der Waals surface area contributed by atoms with Crippen LogP contribution in [0.25, 0.3) is 0 Å². The topological polar surface area (TPSA) is 28.6 Å². The van der Waals surface area contributed by atoms with E-state index in [1.807, 2.05) is 26.0 Å². The van der Waals surface area contributed by atoms with Crippen LogP contribution < -0.4 is 9.64 Å². The van der Waals surface area contributed by atoms with Crippen molar-refractivity contribution in [1.82, 2.24) is 9.88 Å². The number of pyridine rings is 1. The van der Waals surface area contributed by atoms with Crippen LogP contribution in [0, 0.1) is 0 Å². The van der Waals surface area contributed by atoms with Crippen LogP contribution in [0.1, 0.15) is 27.7 Å². The van der Waals surface area contributed by atoms with Gasteiger partial charge in [0.25, 0.3) is 0 Å². The minimum atomic E-state index is 0.167. The molecule has 19 heavy (non-hydrogen) atoms. The summed E-state index contributed by atoms with van der Waals surface area (Å²) in [6.07, 6.45) is 0.167. The zero-order valence-electron chi connectivity index (χ0n) is 12.5. The van der Waals surface area contributed by atoms with Crippen LogP contribution in [-0.4, -0.2) is 48.2 Å². The Bertz CT molecular complexity index is 398. The van der Waals surface area contributed by atoms with E-state index in [-0.39, 0.29) is 6.10 Å². The predicted octanol–water partition coefficient (Wildman–Crippen LogP) is 2.40. The molecule has 0 radical (unpaired) electrons. The molecule has 4 nitrogen and oxygen atoms in total. The lowest BCUT2D eigenvalue weighted by atomic mass is 10.2. The Morgan fingerprint density at radius 3 is 2.32 bits per heavy atom. The minimum absolute atomic E-state index is 0.167. The summed E-state index contributed by atoms with van der Waals surface area (Å²) in [6.45, 7) is 12.8. The van der Waals surface area contributed by atoms with Gasteiger partial charge in [-0.05, 0) is 33.8 Å². The van der Waals surface area contributed by atoms with E-state index in [2.05, 4.69) is 34.7 Å². The fourth-order valence-corrected chi connectivity index (χ4v) is 2.35. The van der Waals surface area contributed by atoms with Gasteiger partial charge >= 0.3 is 0 Å². The lowest BCUT2D eigenvalue weighted by Gasteiger charge is -2.37. The third-order valence-corrected chi connectivity index (χ3v) is 3.43. The Kier molecular flexibility index (Phi) is 4.64. The Balaban J connectivity index is 1.99. The first-order valence-electron chi connectivity index (χ1n) is 7.19. The largest absolute Gasteiger partial charge is 0.475 e. The van der Waals surface area contributed by atoms with Crippen molar-refractivity contribution in [2.45, 2.75) is 39.8 Å². The number of aromatic nitrogens is 1. The Morgan fingerprint density at radius 2 is 1.74 bits per heavy atom. The Morgan fingerprint density at radius 1 is 1.05 bits per heavy atom. The average Bonchev–Trinajstić information content (AvgIpc) is 2.38. The highest BCUT2D eigenvalue weighted by molar-refractivity contribution is 5.41. The molecule has 0 aliphatic carbocycles. The van der Waals surface area contributed by atoms with E-state index in [9.17, 15) is 0 Å². The van der Waals surface area contributed by atoms with Gasteiger partial charge in [0.05, 0.1) is 6.10 Å². The van der Waals surface area contributed by atoms with Gasteiger partial charge in [0.15, 0.2) is 0 Å². The monoisotopic (exact) mass is 263 g/mol. The summed E-state index contributed by atoms with van der Waals surface area (Å²) in [5.41, 5.74) is 0. The third-order valence-electron chi connectivity index (χ3n) is 3.43. The molecule has 0 aromatic carbocycles. The second-order valence-electron chi connectivity index (χ2n) is 5.62. The maximum Gasteiger partial charge on any atom is 0.215 e. The summed E-state index contributed by atoms with van der Waals surface area (Å²) >= 11 is 0. The molecule has 0 unspecified atom stereocenters. The van der Waals surface area contributed by atoms with Gasteiger partial charge in [0.1, 0.15) is 5.82 Å². The van der Waals surface area contributed by atoms with E-state index in [0.717, 1.165) is 37.9 Å². The molecule has 1 aliphatic rings. The molecule has 1 aromatic heterocycles. The van der Waals surface area contributed by atoms with Crippen molar-refractivity contribution >= 4 is 5.82 Å². The number of ether oxygens (including phenoxy) is 1. The molecule has 1 aromatic rings. The van der Waals surface area contributed by atoms with E-state index in [4.69, 9.17) is 4.74 Å². The molecule has 2 rings (SSSR count). The quantitative estimate of drug-likeness (QED) is 0.834. The molecule has 0 amide bonds. The SMILES string of the molecule is CC(C)Oc1cccc(N2CCN(C(C)C)CC2)n1. The molecule has 4 heteroatoms. The van der Waals surface area contributed by atoms with Gasteiger partial charge in [0, 0.05) is 38.3 Å². The van der Waals surface area contributed by atoms with Gasteiger partial charge in [-0.3, -0.25) is 4.90 Å². The Hall–Kier alpha value is -1.29. The first kappa shape index (κ1) is 14.1. The average molecular weight is 263 g/mol. The van der Waals surface area contributed by atoms with E-state index in [1.165, 1.54) is 0 Å². The van der Waals surface area contributed by atoms with Crippen LogP contribution in [-0.2, 0) is 0 Å². The molecule has 0 atom stereocenters. The third kappa shape index (κ3) is 3.83. The van der Waals surface area contributed by atoms with E-state index < -0.39 is 0 Å². The van der Waals surface area contributed by atoms with Crippen molar-refractivity contribution in [2.24, 2.45) is 0 Å². The van der Waals surface area contributed by atoms with E-state index >= 15 is 0 Å². The molecule has 0 saturated carbocycles. The van der Waals surface area contributed by atoms with Gasteiger partial charge in [-0.25, -0.2) is 0 Å². The van der Waals surface area contributed by atoms with Gasteiger partial charge in [-0.2, -0.15) is 4.98 Å². The molecule has 2 heterocycles. The number of nitrogens with zero attached hydrogens (tertiary/aromatic N) is 3. The lowest BCUT2D eigenvalue weighted by Crippen LogP contribution is -2.49. The molecule has 106 valence electrons. The summed E-state index contributed by atoms with van der Waals surface area (Å²) < 4.78 is 5.66. The standard InChI is InChI=1S/C15H25N3O/c1-12(2)17-8-10-18(11-9-17)14-6-5-7-15(16-14)19-13(3)4/h5-7,12-13H,8-11H2,1-4H3. The normalized spacial score (nSPS) is 17.3. The van der Waals surface area contributed by atoms with Crippen molar-refractivity contribution < 1.29 is 4.74 Å². The molecule has 0 N–H and O–H groups in total. The van der Waals surface area contributed by atoms with Crippen LogP contribution in [0.5, 0.6) is 5.88 Å². The lowest BCUT2D eigenvalue weighted by molar-refractivity contribution is 0.208. The Labute approximate surface area is 116 Å². The highest BCUT2D eigenvalue weighted by Gasteiger charge is 2.19. The minimum Gasteiger partial charge on any atom is -0.475 e. The predicted molar refractivity (Wildman–Crippen MR) is 78.9 cm³/mol. The highest BCUT2D eigenvalue weighted by Crippen LogP contribution is 2.18. The second kappa shape index (κ2) is 6.24. The summed E-state index contributed by atoms with van der Waals surface area (Å²) in [5.74, 6) is 1.75. The zero-order valence-corrected chi connectivity index (χ0v) is 12.5. The fraction of sp³-hybridized carbons (Fsp3) is 0.667. The van der Waals surface area contributed by atoms with E-state index in [0.29, 0.717) is 6.04 Å². The molecule has 0 spiro atoms. The van der Waals surface area contributed by atoms with Gasteiger partial charge in [0.2, 0.25) is 5.88 Å². The smallest absolute Gasteiger partial charge is 0.215 e. The number of rotatable bonds is 4. The summed E-state index contributed by atoms with van der Waals surface area (Å²) in [5, 5.41) is 0. The number of anilines is 1. The first-order valence-corrected chi connectivity index (χ1v) is 7.19. The van der Waals surface area contributed by atoms with Crippen molar-refractivity contribution in [3.63, 3.8) is 0 Å². The number of piperazine rings is 1. The van der Waals surface area contributed by atoms with Crippen LogP contribution in [0.3, 0.4) is 0 Å². The summed E-state index contributed by atoms with van der Waals surface area (Å²) in [7, 11) is 0. The summed E-state index contributed by atoms with van der Waals surface area (Å²) in [6, 6.07) is 6.65. The van der Waals surface area contributed by atoms with Gasteiger partial charge in [-0.15, -0.1) is 0 Å². The number of hydrogen-bond donors (Lipinski definition) is 0. The van der Waals surface area contributed by atoms with Gasteiger partial charge < -0.3 is 9.64 Å². The van der Waals surface area contributed by atoms with Crippen LogP contribution in [0.4, 0.5) is 5.82 Å². The van der Waals surface area contributed by atoms with Crippen LogP contribution in [0.15, 0.2) is 18.2 Å². The maximum atomic E-state index is 5.66. The molecular weight excluding hydrogens is 238 g/mol. The molecule has 0 bridgehead atoms. The van der Waals surface area contributed by atoms with Crippen molar-refractivity contribution in [3.05, 3.63) is 18.2 Å². The summed E-state index contributed by atoms with van der Waals surface area (Å²) in [4.78, 5) is 9.44. The second-order valence-corrected chi connectivity index (χ2v) is 5.62. The number of hydrogen-bond acceptors (Lipinski definition) is 4. The molecule has 1 aliphatic heterocycles. The van der Waals surface area contributed by atoms with Crippen LogP contribution in [0.2, 0.25) is 0 Å². The van der Waals surface area contributed by atoms with Crippen molar-refractivity contribution in [1.29, 1.82) is 0 Å².